The summed E-state index contributed by atoms with van der Waals surface area (Å²) in [7, 11) is 1.39. The largest absolute Gasteiger partial charge is 0.493 e. The molecule has 0 spiro atoms. The Morgan fingerprint density at radius 3 is 2.58 bits per heavy atom. The van der Waals surface area contributed by atoms with Crippen LogP contribution in [0.4, 0.5) is 8.78 Å². The van der Waals surface area contributed by atoms with Gasteiger partial charge in [-0.25, -0.2) is 0 Å². The zero-order valence-corrected chi connectivity index (χ0v) is 11.2. The topological polar surface area (TPSA) is 50.7 Å². The monoisotopic (exact) mass is 275 g/mol. The van der Waals surface area contributed by atoms with Crippen LogP contribution in [0.15, 0.2) is 18.2 Å². The van der Waals surface area contributed by atoms with Gasteiger partial charge in [0.25, 0.3) is 0 Å². The Kier molecular flexibility index (Phi) is 5.50. The number of nitrogens with one attached hydrogen (secondary N) is 1. The standard InChI is InChI=1S/C13H19F2NO3/c1-13(2,17)8-16-7-9-5-4-6-10(18-3)11(9)19-12(14)15/h4-6,12,16-17H,7-8H2,1-3H3. The fourth-order valence-corrected chi connectivity index (χ4v) is 1.59. The summed E-state index contributed by atoms with van der Waals surface area (Å²) in [5, 5.41) is 12.5. The first-order chi connectivity index (χ1) is 8.83. The van der Waals surface area contributed by atoms with Crippen molar-refractivity contribution in [2.75, 3.05) is 13.7 Å². The maximum atomic E-state index is 12.4. The Bertz CT molecular complexity index is 405. The van der Waals surface area contributed by atoms with Crippen molar-refractivity contribution < 1.29 is 23.4 Å². The molecule has 0 atom stereocenters. The smallest absolute Gasteiger partial charge is 0.387 e. The highest BCUT2D eigenvalue weighted by Crippen LogP contribution is 2.32. The highest BCUT2D eigenvalue weighted by Gasteiger charge is 2.16. The second-order valence-electron chi connectivity index (χ2n) is 4.74. The van der Waals surface area contributed by atoms with Crippen LogP contribution in [-0.2, 0) is 6.54 Å². The van der Waals surface area contributed by atoms with Crippen molar-refractivity contribution in [3.63, 3.8) is 0 Å². The predicted molar refractivity (Wildman–Crippen MR) is 67.6 cm³/mol. The maximum Gasteiger partial charge on any atom is 0.387 e. The molecule has 0 aliphatic heterocycles. The van der Waals surface area contributed by atoms with Gasteiger partial charge in [0.15, 0.2) is 11.5 Å². The van der Waals surface area contributed by atoms with Crippen LogP contribution in [0.2, 0.25) is 0 Å². The van der Waals surface area contributed by atoms with Crippen molar-refractivity contribution >= 4 is 0 Å². The molecule has 6 heteroatoms. The molecular weight excluding hydrogens is 256 g/mol. The molecule has 19 heavy (non-hydrogen) atoms. The molecule has 0 amide bonds. The van der Waals surface area contributed by atoms with Crippen molar-refractivity contribution in [2.45, 2.75) is 32.6 Å². The van der Waals surface area contributed by atoms with Crippen molar-refractivity contribution in [3.8, 4) is 11.5 Å². The third-order valence-corrected chi connectivity index (χ3v) is 2.36. The predicted octanol–water partition coefficient (Wildman–Crippen LogP) is 2.16. The molecule has 2 N–H and O–H groups in total. The summed E-state index contributed by atoms with van der Waals surface area (Å²) in [6.45, 7) is 1.02. The first-order valence-corrected chi connectivity index (χ1v) is 5.87. The van der Waals surface area contributed by atoms with Crippen molar-refractivity contribution in [3.05, 3.63) is 23.8 Å². The maximum absolute atomic E-state index is 12.4. The highest BCUT2D eigenvalue weighted by atomic mass is 19.3. The fourth-order valence-electron chi connectivity index (χ4n) is 1.59. The van der Waals surface area contributed by atoms with Crippen LogP contribution >= 0.6 is 0 Å². The molecule has 1 aromatic carbocycles. The Hall–Kier alpha value is -1.40. The number of aliphatic hydroxyl groups is 1. The van der Waals surface area contributed by atoms with E-state index in [2.05, 4.69) is 10.1 Å². The van der Waals surface area contributed by atoms with Crippen molar-refractivity contribution in [1.82, 2.24) is 5.32 Å². The Morgan fingerprint density at radius 1 is 1.37 bits per heavy atom. The fraction of sp³-hybridized carbons (Fsp3) is 0.538. The van der Waals surface area contributed by atoms with Gasteiger partial charge in [-0.1, -0.05) is 12.1 Å². The Morgan fingerprint density at radius 2 is 2.05 bits per heavy atom. The first kappa shape index (κ1) is 15.7. The van der Waals surface area contributed by atoms with E-state index in [1.54, 1.807) is 32.0 Å². The molecule has 0 heterocycles. The van der Waals surface area contributed by atoms with Gasteiger partial charge in [-0.15, -0.1) is 0 Å². The number of para-hydroxylation sites is 1. The average Bonchev–Trinajstić information content (AvgIpc) is 2.28. The number of benzene rings is 1. The van der Waals surface area contributed by atoms with E-state index in [0.717, 1.165) is 0 Å². The van der Waals surface area contributed by atoms with Gasteiger partial charge < -0.3 is 19.9 Å². The molecular formula is C13H19F2NO3. The summed E-state index contributed by atoms with van der Waals surface area (Å²) in [4.78, 5) is 0. The van der Waals surface area contributed by atoms with E-state index in [-0.39, 0.29) is 11.5 Å². The molecule has 4 nitrogen and oxygen atoms in total. The normalized spacial score (nSPS) is 11.7. The summed E-state index contributed by atoms with van der Waals surface area (Å²) in [5.41, 5.74) is -0.327. The quantitative estimate of drug-likeness (QED) is 0.800. The molecule has 0 aliphatic rings. The van der Waals surface area contributed by atoms with Gasteiger partial charge in [-0.3, -0.25) is 0 Å². The zero-order chi connectivity index (χ0) is 14.5. The molecule has 0 saturated heterocycles. The molecule has 0 aliphatic carbocycles. The van der Waals surface area contributed by atoms with Crippen LogP contribution in [0.1, 0.15) is 19.4 Å². The molecule has 0 fully saturated rings. The van der Waals surface area contributed by atoms with Gasteiger partial charge in [0.1, 0.15) is 0 Å². The highest BCUT2D eigenvalue weighted by molar-refractivity contribution is 5.46. The zero-order valence-electron chi connectivity index (χ0n) is 11.2. The summed E-state index contributed by atoms with van der Waals surface area (Å²) in [6.07, 6.45) is 0. The Labute approximate surface area is 111 Å². The molecule has 1 rings (SSSR count). The number of ether oxygens (including phenoxy) is 2. The Balaban J connectivity index is 2.81. The first-order valence-electron chi connectivity index (χ1n) is 5.87. The lowest BCUT2D eigenvalue weighted by Crippen LogP contribution is -2.34. The van der Waals surface area contributed by atoms with Gasteiger partial charge in [0, 0.05) is 18.7 Å². The molecule has 0 radical (unpaired) electrons. The second kappa shape index (κ2) is 6.68. The van der Waals surface area contributed by atoms with Crippen LogP contribution in [-0.4, -0.2) is 31.0 Å². The molecule has 0 saturated carbocycles. The lowest BCUT2D eigenvalue weighted by molar-refractivity contribution is -0.0519. The lowest BCUT2D eigenvalue weighted by atomic mass is 10.1. The minimum absolute atomic E-state index is 0.0169. The summed E-state index contributed by atoms with van der Waals surface area (Å²) in [5.74, 6) is 0.270. The molecule has 0 unspecified atom stereocenters. The number of halogens is 2. The lowest BCUT2D eigenvalue weighted by Gasteiger charge is -2.19. The number of alkyl halides is 2. The van der Waals surface area contributed by atoms with E-state index in [9.17, 15) is 13.9 Å². The van der Waals surface area contributed by atoms with E-state index in [1.807, 2.05) is 0 Å². The van der Waals surface area contributed by atoms with Gasteiger partial charge in [0.2, 0.25) is 0 Å². The van der Waals surface area contributed by atoms with Crippen molar-refractivity contribution in [1.29, 1.82) is 0 Å². The second-order valence-corrected chi connectivity index (χ2v) is 4.74. The minimum Gasteiger partial charge on any atom is -0.493 e. The average molecular weight is 275 g/mol. The third kappa shape index (κ3) is 5.40. The minimum atomic E-state index is -2.91. The van der Waals surface area contributed by atoms with E-state index in [0.29, 0.717) is 18.7 Å². The van der Waals surface area contributed by atoms with Gasteiger partial charge in [0.05, 0.1) is 12.7 Å². The van der Waals surface area contributed by atoms with Crippen LogP contribution in [0.25, 0.3) is 0 Å². The van der Waals surface area contributed by atoms with Gasteiger partial charge >= 0.3 is 6.61 Å². The number of methoxy groups -OCH3 is 1. The summed E-state index contributed by atoms with van der Waals surface area (Å²) < 4.78 is 34.3. The molecule has 1 aromatic rings. The summed E-state index contributed by atoms with van der Waals surface area (Å²) in [6, 6.07) is 4.91. The summed E-state index contributed by atoms with van der Waals surface area (Å²) >= 11 is 0. The van der Waals surface area contributed by atoms with E-state index in [4.69, 9.17) is 4.74 Å². The number of hydrogen-bond acceptors (Lipinski definition) is 4. The van der Waals surface area contributed by atoms with Gasteiger partial charge in [-0.05, 0) is 19.9 Å². The molecule has 0 bridgehead atoms. The number of hydrogen-bond donors (Lipinski definition) is 2. The third-order valence-electron chi connectivity index (χ3n) is 2.36. The molecule has 0 aromatic heterocycles. The van der Waals surface area contributed by atoms with Crippen LogP contribution in [0.3, 0.4) is 0 Å². The van der Waals surface area contributed by atoms with E-state index < -0.39 is 12.2 Å². The number of rotatable bonds is 7. The van der Waals surface area contributed by atoms with Gasteiger partial charge in [-0.2, -0.15) is 8.78 Å². The molecule has 108 valence electrons. The van der Waals surface area contributed by atoms with Crippen LogP contribution < -0.4 is 14.8 Å². The van der Waals surface area contributed by atoms with Crippen molar-refractivity contribution in [2.24, 2.45) is 0 Å². The van der Waals surface area contributed by atoms with E-state index >= 15 is 0 Å². The SMILES string of the molecule is COc1cccc(CNCC(C)(C)O)c1OC(F)F. The van der Waals surface area contributed by atoms with Crippen LogP contribution in [0, 0.1) is 0 Å². The van der Waals surface area contributed by atoms with Crippen LogP contribution in [0.5, 0.6) is 11.5 Å². The van der Waals surface area contributed by atoms with E-state index in [1.165, 1.54) is 7.11 Å².